The third kappa shape index (κ3) is 17.6. The Bertz CT molecular complexity index is 11.6. The molecule has 0 saturated heterocycles. The summed E-state index contributed by atoms with van der Waals surface area (Å²) in [5.74, 6) is 0. The minimum Gasteiger partial charge on any atom is 0 e. The van der Waals surface area contributed by atoms with Gasteiger partial charge in [-0.2, -0.15) is 0 Å². The molecule has 0 fully saturated rings. The van der Waals surface area contributed by atoms with E-state index in [9.17, 15) is 0 Å². The van der Waals surface area contributed by atoms with Crippen LogP contribution < -0.4 is 0 Å². The fourth-order valence-corrected chi connectivity index (χ4v) is 0. The molecule has 3 radical (unpaired) electrons. The third-order valence-corrected chi connectivity index (χ3v) is 0. The van der Waals surface area contributed by atoms with E-state index in [1.807, 2.05) is 0 Å². The maximum absolute atomic E-state index is 0. The second-order valence-corrected chi connectivity index (χ2v) is 0. The van der Waals surface area contributed by atoms with Crippen molar-refractivity contribution in [3.05, 3.63) is 0 Å². The molecule has 0 aliphatic heterocycles. The van der Waals surface area contributed by atoms with Gasteiger partial charge in [-0.25, -0.2) is 0 Å². The second kappa shape index (κ2) is 23.0. The zero-order valence-corrected chi connectivity index (χ0v) is 14.3. The first-order valence-corrected chi connectivity index (χ1v) is 0. The van der Waals surface area contributed by atoms with Crippen molar-refractivity contribution in [2.75, 3.05) is 0 Å². The molecule has 21 valence electrons. The average Bonchev–Trinajstić information content (AvgIpc) is 0. The van der Waals surface area contributed by atoms with E-state index in [2.05, 4.69) is 0 Å². The van der Waals surface area contributed by atoms with E-state index in [1.54, 1.807) is 0 Å². The minimum absolute atomic E-state index is 0. The molecular weight excluding hydrogens is 423 g/mol. The van der Waals surface area contributed by atoms with Crippen molar-refractivity contribution < 1.29 is 116 Å². The molecule has 0 spiro atoms. The molecule has 0 rings (SSSR count). The molecule has 0 aliphatic rings. The van der Waals surface area contributed by atoms with E-state index in [0.717, 1.165) is 0 Å². The van der Waals surface area contributed by atoms with Crippen LogP contribution in [0.25, 0.3) is 0 Å². The normalized spacial score (nSPS) is 0. The molecule has 0 N–H and O–H groups in total. The van der Waals surface area contributed by atoms with Crippen LogP contribution >= 0.6 is 0 Å². The Labute approximate surface area is 149 Å². The van der Waals surface area contributed by atoms with Crippen molar-refractivity contribution in [3.8, 4) is 0 Å². The zero-order valence-electron chi connectivity index (χ0n) is 2.64. The van der Waals surface area contributed by atoms with E-state index in [1.165, 1.54) is 0 Å². The summed E-state index contributed by atoms with van der Waals surface area (Å²) in [6.07, 6.45) is 0. The largest absolute Gasteiger partial charge is 0 e. The third-order valence-electron chi connectivity index (χ3n) is 0. The van der Waals surface area contributed by atoms with Crippen molar-refractivity contribution >= 4 is 37.7 Å². The van der Waals surface area contributed by atoms with Gasteiger partial charge in [-0.15, -0.1) is 0 Å². The molecule has 0 aliphatic carbocycles. The van der Waals surface area contributed by atoms with Gasteiger partial charge in [0.2, 0.25) is 0 Å². The van der Waals surface area contributed by atoms with Crippen LogP contribution in [0.3, 0.4) is 0 Å². The van der Waals surface area contributed by atoms with Crippen LogP contribution in [-0.4, -0.2) is 37.7 Å². The summed E-state index contributed by atoms with van der Waals surface area (Å²) in [5, 5.41) is 0. The van der Waals surface area contributed by atoms with Gasteiger partial charge in [0.05, 0.1) is 0 Å². The van der Waals surface area contributed by atoms with Gasteiger partial charge in [-0.05, 0) is 0 Å². The minimum atomic E-state index is 0. The Hall–Kier alpha value is 5.06. The van der Waals surface area contributed by atoms with Crippen LogP contribution in [0.4, 0.5) is 0 Å². The Morgan fingerprint density at radius 2 is 1.00 bits per heavy atom. The Morgan fingerprint density at radius 3 is 1.00 bits per heavy atom. The van der Waals surface area contributed by atoms with Gasteiger partial charge in [0, 0.05) is 154 Å². The van der Waals surface area contributed by atoms with Crippen LogP contribution in [-0.2, 0) is 38.8 Å². The molecule has 0 saturated carbocycles. The van der Waals surface area contributed by atoms with E-state index in [-0.39, 0.29) is 154 Å². The Balaban J connectivity index is 0. The van der Waals surface area contributed by atoms with E-state index < -0.39 is 0 Å². The predicted molar refractivity (Wildman–Crippen MR) is 5.75 cm³/mol. The number of rotatable bonds is 0. The van der Waals surface area contributed by atoms with Crippen molar-refractivity contribution in [3.63, 3.8) is 0 Å². The van der Waals surface area contributed by atoms with E-state index in [4.69, 9.17) is 0 Å². The van der Waals surface area contributed by atoms with Crippen molar-refractivity contribution in [1.29, 1.82) is 0 Å². The Morgan fingerprint density at radius 1 is 1.00 bits per heavy atom. The maximum Gasteiger partial charge on any atom is 0 e. The van der Waals surface area contributed by atoms with Gasteiger partial charge in [0.15, 0.2) is 0 Å². The molecule has 0 aromatic carbocycles. The summed E-state index contributed by atoms with van der Waals surface area (Å²) < 4.78 is 0. The SMILES string of the molecule is [Ca].[Ce].[Fe].[La].[Ti]. The van der Waals surface area contributed by atoms with Crippen molar-refractivity contribution in [2.24, 2.45) is 0 Å². The fourth-order valence-electron chi connectivity index (χ4n) is 0. The maximum atomic E-state index is 0. The summed E-state index contributed by atoms with van der Waals surface area (Å²) in [7, 11) is 0. The van der Waals surface area contributed by atoms with Gasteiger partial charge in [-0.3, -0.25) is 0 Å². The second-order valence-electron chi connectivity index (χ2n) is 0. The molecule has 0 heterocycles. The van der Waals surface area contributed by atoms with Crippen LogP contribution in [0, 0.1) is 77.3 Å². The van der Waals surface area contributed by atoms with Gasteiger partial charge >= 0.3 is 0 Å². The molecule has 5 heavy (non-hydrogen) atoms. The quantitative estimate of drug-likeness (QED) is 0.467. The summed E-state index contributed by atoms with van der Waals surface area (Å²) in [6, 6.07) is 0. The summed E-state index contributed by atoms with van der Waals surface area (Å²) >= 11 is 0. The van der Waals surface area contributed by atoms with Crippen molar-refractivity contribution in [1.82, 2.24) is 0 Å². The van der Waals surface area contributed by atoms with Crippen LogP contribution in [0.15, 0.2) is 0 Å². The fraction of sp³-hybridized carbons (Fsp3) is 0. The summed E-state index contributed by atoms with van der Waals surface area (Å²) in [6.45, 7) is 0. The zero-order chi connectivity index (χ0) is 0. The molecule has 5 heteroatoms. The monoisotopic (exact) mass is 423 g/mol. The van der Waals surface area contributed by atoms with Gasteiger partial charge in [0.25, 0.3) is 0 Å². The molecule has 0 amide bonds. The standard InChI is InChI=1S/Ca.Ce.Fe.La.Ti. The van der Waals surface area contributed by atoms with Gasteiger partial charge in [-0.1, -0.05) is 0 Å². The number of hydrogen-bond acceptors (Lipinski definition) is 0. The topological polar surface area (TPSA) is 0 Å². The van der Waals surface area contributed by atoms with Crippen LogP contribution in [0.5, 0.6) is 0 Å². The Kier molecular flexibility index (Phi) is 148. The van der Waals surface area contributed by atoms with E-state index in [0.29, 0.717) is 0 Å². The van der Waals surface area contributed by atoms with Crippen LogP contribution in [0.2, 0.25) is 0 Å². The van der Waals surface area contributed by atoms with Crippen molar-refractivity contribution in [2.45, 2.75) is 0 Å². The molecular formula is CaCeFeLaTi. The summed E-state index contributed by atoms with van der Waals surface area (Å²) in [4.78, 5) is 0. The van der Waals surface area contributed by atoms with Gasteiger partial charge < -0.3 is 0 Å². The predicted octanol–water partition coefficient (Wildman–Crippen LogP) is -0.386. The molecule has 0 atom stereocenters. The van der Waals surface area contributed by atoms with E-state index >= 15 is 0 Å². The molecule has 0 aromatic heterocycles. The first-order valence-electron chi connectivity index (χ1n) is 0. The average molecular weight is 423 g/mol. The van der Waals surface area contributed by atoms with Crippen LogP contribution in [0.1, 0.15) is 0 Å². The van der Waals surface area contributed by atoms with Gasteiger partial charge in [0.1, 0.15) is 0 Å². The molecule has 0 bridgehead atoms. The first kappa shape index (κ1) is 32.2. The molecule has 0 unspecified atom stereocenters. The molecule has 0 nitrogen and oxygen atoms in total. The molecule has 0 aromatic rings. The number of hydrogen-bond donors (Lipinski definition) is 0. The summed E-state index contributed by atoms with van der Waals surface area (Å²) in [5.41, 5.74) is 0. The smallest absolute Gasteiger partial charge is 0 e. The first-order chi connectivity index (χ1) is 0.